The molecular weight excluding hydrogens is 777 g/mol. The van der Waals surface area contributed by atoms with Gasteiger partial charge in [-0.3, -0.25) is 14.7 Å². The summed E-state index contributed by atoms with van der Waals surface area (Å²) < 4.78 is 29.2. The van der Waals surface area contributed by atoms with E-state index in [-0.39, 0.29) is 39.5 Å². The van der Waals surface area contributed by atoms with Gasteiger partial charge in [-0.2, -0.15) is 9.97 Å². The molecule has 308 valence electrons. The lowest BCUT2D eigenvalue weighted by atomic mass is 9.93. The summed E-state index contributed by atoms with van der Waals surface area (Å²) in [5, 5.41) is 20.7. The molecule has 3 heterocycles. The fraction of sp³-hybridized carbons (Fsp3) is 0.400. The Morgan fingerprint density at radius 3 is 2.17 bits per heavy atom. The van der Waals surface area contributed by atoms with Gasteiger partial charge in [0.15, 0.2) is 27.8 Å². The number of nitro benzene ring substituents is 1. The van der Waals surface area contributed by atoms with Crippen LogP contribution >= 0.6 is 0 Å². The van der Waals surface area contributed by atoms with Crippen LogP contribution in [0.3, 0.4) is 0 Å². The summed E-state index contributed by atoms with van der Waals surface area (Å²) in [4.78, 5) is 26.5. The molecule has 1 aliphatic heterocycles. The van der Waals surface area contributed by atoms with Gasteiger partial charge < -0.3 is 23.6 Å². The van der Waals surface area contributed by atoms with Crippen molar-refractivity contribution in [3.63, 3.8) is 0 Å². The van der Waals surface area contributed by atoms with E-state index >= 15 is 0 Å². The first-order valence-electron chi connectivity index (χ1n) is 20.3. The Morgan fingerprint density at radius 1 is 0.847 bits per heavy atom. The highest BCUT2D eigenvalue weighted by Gasteiger charge is 2.47. The zero-order chi connectivity index (χ0) is 42.1. The van der Waals surface area contributed by atoms with Crippen LogP contribution in [-0.4, -0.2) is 59.9 Å². The van der Waals surface area contributed by atoms with Crippen molar-refractivity contribution in [1.29, 1.82) is 0 Å². The number of aromatic nitrogens is 4. The van der Waals surface area contributed by atoms with Crippen molar-refractivity contribution in [3.05, 3.63) is 101 Å². The van der Waals surface area contributed by atoms with Crippen molar-refractivity contribution in [2.24, 2.45) is 0 Å². The second-order valence-corrected chi connectivity index (χ2v) is 28.4. The van der Waals surface area contributed by atoms with E-state index in [0.29, 0.717) is 41.4 Å². The number of benzene rings is 5. The maximum Gasteiger partial charge on any atom is 0.277 e. The Balaban J connectivity index is 1.19. The first kappa shape index (κ1) is 40.8. The van der Waals surface area contributed by atoms with Gasteiger partial charge in [0.25, 0.3) is 5.69 Å². The molecule has 7 aromatic rings. The average Bonchev–Trinajstić information content (AvgIpc) is 3.78. The second-order valence-electron chi connectivity index (χ2n) is 18.8. The first-order valence-corrected chi connectivity index (χ1v) is 26.1. The van der Waals surface area contributed by atoms with E-state index in [9.17, 15) is 10.1 Å². The fourth-order valence-corrected chi connectivity index (χ4v) is 9.74. The zero-order valence-electron chi connectivity index (χ0n) is 35.6. The summed E-state index contributed by atoms with van der Waals surface area (Å²) in [6, 6.07) is 25.1. The lowest BCUT2D eigenvalue weighted by Crippen LogP contribution is -2.48. The molecule has 0 spiro atoms. The quantitative estimate of drug-likeness (QED) is 0.0548. The molecule has 14 heteroatoms. The van der Waals surface area contributed by atoms with Crippen molar-refractivity contribution >= 4 is 77.4 Å². The standard InChI is InChI=1S/C45H54N6O6Si2/c1-44(2,3)58(7,8)55-26-36-35(57-59(9,10)45(4,5)6)24-37(56-36)50-27-46-40-41(50)48-43(49-42(40)54-25-28-14-12-11-13-15-28)47-33-22-18-29-16-17-30-19-23-34(51(52)53)32-21-20-31(33)38(29)39(30)32/h11-23,27,35-37H,24-26H2,1-10H3,(H,47,48,49)/t35-,36+,37+/m0/s1. The van der Waals surface area contributed by atoms with E-state index in [4.69, 9.17) is 33.3 Å². The molecule has 1 aliphatic rings. The minimum atomic E-state index is -2.19. The van der Waals surface area contributed by atoms with Gasteiger partial charge in [0.05, 0.1) is 29.3 Å². The molecule has 3 atom stereocenters. The number of nitrogens with one attached hydrogen (secondary N) is 1. The van der Waals surface area contributed by atoms with Crippen LogP contribution in [-0.2, 0) is 20.2 Å². The Kier molecular flexibility index (Phi) is 10.3. The fourth-order valence-electron chi connectivity index (χ4n) is 7.37. The van der Waals surface area contributed by atoms with Crippen LogP contribution < -0.4 is 10.1 Å². The maximum absolute atomic E-state index is 12.0. The van der Waals surface area contributed by atoms with Crippen LogP contribution in [0.15, 0.2) is 85.2 Å². The van der Waals surface area contributed by atoms with E-state index < -0.39 is 22.9 Å². The topological polar surface area (TPSA) is 136 Å². The summed E-state index contributed by atoms with van der Waals surface area (Å²) in [5.74, 6) is 0.645. The lowest BCUT2D eigenvalue weighted by Gasteiger charge is -2.40. The minimum absolute atomic E-state index is 0.0102. The number of hydrogen-bond acceptors (Lipinski definition) is 10. The number of non-ortho nitro benzene ring substituents is 1. The number of ether oxygens (including phenoxy) is 2. The monoisotopic (exact) mass is 830 g/mol. The molecule has 2 aromatic heterocycles. The van der Waals surface area contributed by atoms with Gasteiger partial charge in [-0.1, -0.05) is 96.1 Å². The molecule has 0 amide bonds. The van der Waals surface area contributed by atoms with Gasteiger partial charge in [-0.05, 0) is 76.2 Å². The number of nitrogens with zero attached hydrogens (tertiary/aromatic N) is 5. The van der Waals surface area contributed by atoms with Crippen LogP contribution in [0.1, 0.15) is 59.8 Å². The molecular formula is C45H54N6O6Si2. The van der Waals surface area contributed by atoms with Crippen LogP contribution in [0.25, 0.3) is 43.5 Å². The van der Waals surface area contributed by atoms with Crippen molar-refractivity contribution in [1.82, 2.24) is 19.5 Å². The number of imidazole rings is 1. The Morgan fingerprint density at radius 2 is 1.49 bits per heavy atom. The average molecular weight is 831 g/mol. The highest BCUT2D eigenvalue weighted by atomic mass is 28.4. The third-order valence-electron chi connectivity index (χ3n) is 12.9. The number of hydrogen-bond donors (Lipinski definition) is 1. The number of anilines is 2. The Labute approximate surface area is 347 Å². The molecule has 0 saturated carbocycles. The lowest BCUT2D eigenvalue weighted by molar-refractivity contribution is -0.383. The van der Waals surface area contributed by atoms with Crippen LogP contribution in [0.4, 0.5) is 17.3 Å². The van der Waals surface area contributed by atoms with Crippen molar-refractivity contribution in [3.8, 4) is 5.88 Å². The largest absolute Gasteiger partial charge is 0.471 e. The summed E-state index contributed by atoms with van der Waals surface area (Å²) in [5.41, 5.74) is 2.89. The minimum Gasteiger partial charge on any atom is -0.471 e. The van der Waals surface area contributed by atoms with Crippen LogP contribution in [0.5, 0.6) is 5.88 Å². The number of rotatable bonds is 12. The van der Waals surface area contributed by atoms with E-state index in [1.54, 1.807) is 12.4 Å². The molecule has 0 radical (unpaired) electrons. The van der Waals surface area contributed by atoms with Crippen molar-refractivity contribution < 1.29 is 23.2 Å². The third kappa shape index (κ3) is 7.68. The summed E-state index contributed by atoms with van der Waals surface area (Å²) in [6.45, 7) is 23.3. The van der Waals surface area contributed by atoms with Crippen LogP contribution in [0.2, 0.25) is 36.3 Å². The van der Waals surface area contributed by atoms with E-state index in [1.165, 1.54) is 0 Å². The molecule has 1 N–H and O–H groups in total. The molecule has 5 aromatic carbocycles. The van der Waals surface area contributed by atoms with E-state index in [2.05, 4.69) is 73.0 Å². The molecule has 0 unspecified atom stereocenters. The molecule has 0 bridgehead atoms. The molecule has 59 heavy (non-hydrogen) atoms. The van der Waals surface area contributed by atoms with Crippen molar-refractivity contribution in [2.45, 2.75) is 109 Å². The number of nitro groups is 1. The maximum atomic E-state index is 12.0. The van der Waals surface area contributed by atoms with Gasteiger partial charge in [-0.25, -0.2) is 4.98 Å². The second kappa shape index (κ2) is 14.9. The molecule has 12 nitrogen and oxygen atoms in total. The molecule has 1 fully saturated rings. The normalized spacial score (nSPS) is 18.1. The summed E-state index contributed by atoms with van der Waals surface area (Å²) >= 11 is 0. The zero-order valence-corrected chi connectivity index (χ0v) is 37.6. The van der Waals surface area contributed by atoms with E-state index in [1.807, 2.05) is 77.4 Å². The SMILES string of the molecule is CC(C)(C)[Si](C)(C)OC[C@H]1O[C@@H](n2cnc3c(OCc4ccccc4)nc(Nc4ccc5ccc6ccc([N+](=O)[O-])c7ccc4c5c67)nc32)C[C@@H]1O[Si](C)(C)C(C)(C)C. The molecule has 1 saturated heterocycles. The number of fused-ring (bicyclic) bond motifs is 1. The van der Waals surface area contributed by atoms with E-state index in [0.717, 1.165) is 38.2 Å². The first-order chi connectivity index (χ1) is 27.8. The van der Waals surface area contributed by atoms with Gasteiger partial charge in [0, 0.05) is 28.9 Å². The third-order valence-corrected chi connectivity index (χ3v) is 21.9. The van der Waals surface area contributed by atoms with Crippen LogP contribution in [0, 0.1) is 10.1 Å². The highest BCUT2D eigenvalue weighted by molar-refractivity contribution is 6.74. The molecule has 8 rings (SSSR count). The van der Waals surface area contributed by atoms with Gasteiger partial charge in [-0.15, -0.1) is 0 Å². The summed E-state index contributed by atoms with van der Waals surface area (Å²) in [6.07, 6.45) is 1.44. The summed E-state index contributed by atoms with van der Waals surface area (Å²) in [7, 11) is -4.28. The Hall–Kier alpha value is -5.00. The smallest absolute Gasteiger partial charge is 0.277 e. The molecule has 0 aliphatic carbocycles. The Bertz CT molecular complexity index is 2670. The highest BCUT2D eigenvalue weighted by Crippen LogP contribution is 2.45. The van der Waals surface area contributed by atoms with Gasteiger partial charge >= 0.3 is 0 Å². The predicted molar refractivity (Wildman–Crippen MR) is 240 cm³/mol. The van der Waals surface area contributed by atoms with Gasteiger partial charge in [0.2, 0.25) is 11.8 Å². The predicted octanol–water partition coefficient (Wildman–Crippen LogP) is 11.7. The van der Waals surface area contributed by atoms with Crippen molar-refractivity contribution in [2.75, 3.05) is 11.9 Å². The van der Waals surface area contributed by atoms with Gasteiger partial charge in [0.1, 0.15) is 18.9 Å².